The number of nitrogens with two attached hydrogens (primary N) is 1. The lowest BCUT2D eigenvalue weighted by atomic mass is 9.83. The molecule has 1 saturated carbocycles. The summed E-state index contributed by atoms with van der Waals surface area (Å²) in [5.74, 6) is 1.50. The van der Waals surface area contributed by atoms with Crippen LogP contribution < -0.4 is 10.5 Å². The van der Waals surface area contributed by atoms with E-state index in [0.717, 1.165) is 17.9 Å². The highest BCUT2D eigenvalue weighted by atomic mass is 35.5. The standard InChI is InChI=1S/C15H22ClNO/c1-18-15-10-12(7-8-13(15)16)14(17)9-11-5-3-2-4-6-11/h7-8,10-11,14H,2-6,9,17H2,1H3. The molecule has 18 heavy (non-hydrogen) atoms. The third-order valence-corrected chi connectivity index (χ3v) is 4.23. The smallest absolute Gasteiger partial charge is 0.137 e. The molecule has 0 radical (unpaired) electrons. The van der Waals surface area contributed by atoms with Crippen molar-refractivity contribution in [1.29, 1.82) is 0 Å². The molecule has 0 saturated heterocycles. The van der Waals surface area contributed by atoms with Crippen molar-refractivity contribution < 1.29 is 4.74 Å². The minimum absolute atomic E-state index is 0.0965. The number of ether oxygens (including phenoxy) is 1. The fraction of sp³-hybridized carbons (Fsp3) is 0.600. The van der Waals surface area contributed by atoms with Gasteiger partial charge in [0.1, 0.15) is 5.75 Å². The minimum atomic E-state index is 0.0965. The Morgan fingerprint density at radius 3 is 2.72 bits per heavy atom. The fourth-order valence-electron chi connectivity index (χ4n) is 2.83. The number of halogens is 1. The van der Waals surface area contributed by atoms with Gasteiger partial charge < -0.3 is 10.5 Å². The lowest BCUT2D eigenvalue weighted by Gasteiger charge is -2.25. The van der Waals surface area contributed by atoms with Crippen LogP contribution in [0.25, 0.3) is 0 Å². The van der Waals surface area contributed by atoms with Crippen LogP contribution in [-0.2, 0) is 0 Å². The summed E-state index contributed by atoms with van der Waals surface area (Å²) in [5.41, 5.74) is 7.43. The van der Waals surface area contributed by atoms with Crippen molar-refractivity contribution in [3.63, 3.8) is 0 Å². The molecule has 1 fully saturated rings. The predicted molar refractivity (Wildman–Crippen MR) is 76.1 cm³/mol. The van der Waals surface area contributed by atoms with Crippen molar-refractivity contribution in [1.82, 2.24) is 0 Å². The Balaban J connectivity index is 2.01. The van der Waals surface area contributed by atoms with E-state index in [9.17, 15) is 0 Å². The molecule has 1 aromatic rings. The van der Waals surface area contributed by atoms with Gasteiger partial charge in [0.05, 0.1) is 12.1 Å². The molecular formula is C15H22ClNO. The summed E-state index contributed by atoms with van der Waals surface area (Å²) in [5, 5.41) is 0.645. The Morgan fingerprint density at radius 1 is 1.33 bits per heavy atom. The minimum Gasteiger partial charge on any atom is -0.495 e. The number of hydrogen-bond donors (Lipinski definition) is 1. The highest BCUT2D eigenvalue weighted by Crippen LogP contribution is 2.33. The van der Waals surface area contributed by atoms with Crippen molar-refractivity contribution >= 4 is 11.6 Å². The lowest BCUT2D eigenvalue weighted by molar-refractivity contribution is 0.319. The van der Waals surface area contributed by atoms with Crippen molar-refractivity contribution in [3.8, 4) is 5.75 Å². The Morgan fingerprint density at radius 2 is 2.06 bits per heavy atom. The van der Waals surface area contributed by atoms with Gasteiger partial charge in [-0.05, 0) is 30.0 Å². The second-order valence-electron chi connectivity index (χ2n) is 5.24. The van der Waals surface area contributed by atoms with E-state index >= 15 is 0 Å². The summed E-state index contributed by atoms with van der Waals surface area (Å²) in [6.45, 7) is 0. The summed E-state index contributed by atoms with van der Waals surface area (Å²) >= 11 is 6.03. The van der Waals surface area contributed by atoms with Crippen LogP contribution in [0.15, 0.2) is 18.2 Å². The Labute approximate surface area is 114 Å². The summed E-state index contributed by atoms with van der Waals surface area (Å²) in [7, 11) is 1.64. The molecule has 0 bridgehead atoms. The van der Waals surface area contributed by atoms with E-state index in [1.165, 1.54) is 32.1 Å². The zero-order chi connectivity index (χ0) is 13.0. The first-order chi connectivity index (χ1) is 8.70. The van der Waals surface area contributed by atoms with E-state index in [0.29, 0.717) is 10.8 Å². The predicted octanol–water partition coefficient (Wildman–Crippen LogP) is 4.32. The van der Waals surface area contributed by atoms with E-state index in [2.05, 4.69) is 0 Å². The zero-order valence-electron chi connectivity index (χ0n) is 11.0. The monoisotopic (exact) mass is 267 g/mol. The van der Waals surface area contributed by atoms with Crippen LogP contribution in [0.4, 0.5) is 0 Å². The molecule has 1 aliphatic carbocycles. The largest absolute Gasteiger partial charge is 0.495 e. The summed E-state index contributed by atoms with van der Waals surface area (Å²) in [4.78, 5) is 0. The van der Waals surface area contributed by atoms with Gasteiger partial charge in [-0.25, -0.2) is 0 Å². The van der Waals surface area contributed by atoms with Gasteiger partial charge in [0.15, 0.2) is 0 Å². The molecule has 3 heteroatoms. The third-order valence-electron chi connectivity index (χ3n) is 3.92. The lowest BCUT2D eigenvalue weighted by Crippen LogP contribution is -2.17. The fourth-order valence-corrected chi connectivity index (χ4v) is 3.02. The number of rotatable bonds is 4. The van der Waals surface area contributed by atoms with Crippen LogP contribution in [0, 0.1) is 5.92 Å². The van der Waals surface area contributed by atoms with E-state index < -0.39 is 0 Å². The molecular weight excluding hydrogens is 246 g/mol. The molecule has 2 nitrogen and oxygen atoms in total. The average Bonchev–Trinajstić information content (AvgIpc) is 2.40. The van der Waals surface area contributed by atoms with E-state index in [1.54, 1.807) is 7.11 Å². The Bertz CT molecular complexity index is 388. The third kappa shape index (κ3) is 3.39. The summed E-state index contributed by atoms with van der Waals surface area (Å²) in [6.07, 6.45) is 7.85. The van der Waals surface area contributed by atoms with Gasteiger partial charge in [0, 0.05) is 6.04 Å². The molecule has 1 aliphatic rings. The van der Waals surface area contributed by atoms with Crippen molar-refractivity contribution in [2.75, 3.05) is 7.11 Å². The van der Waals surface area contributed by atoms with Crippen LogP contribution in [0.3, 0.4) is 0 Å². The summed E-state index contributed by atoms with van der Waals surface area (Å²) in [6, 6.07) is 5.95. The molecule has 0 aliphatic heterocycles. The van der Waals surface area contributed by atoms with E-state index in [4.69, 9.17) is 22.1 Å². The Kier molecular flexibility index (Phi) is 4.90. The van der Waals surface area contributed by atoms with Gasteiger partial charge in [-0.1, -0.05) is 49.8 Å². The second kappa shape index (κ2) is 6.44. The number of benzene rings is 1. The maximum Gasteiger partial charge on any atom is 0.137 e. The van der Waals surface area contributed by atoms with Crippen LogP contribution in [-0.4, -0.2) is 7.11 Å². The van der Waals surface area contributed by atoms with Crippen LogP contribution >= 0.6 is 11.6 Å². The Hall–Kier alpha value is -0.730. The molecule has 2 N–H and O–H groups in total. The molecule has 0 aromatic heterocycles. The van der Waals surface area contributed by atoms with Crippen molar-refractivity contribution in [3.05, 3.63) is 28.8 Å². The van der Waals surface area contributed by atoms with Crippen molar-refractivity contribution in [2.24, 2.45) is 11.7 Å². The first kappa shape index (κ1) is 13.7. The average molecular weight is 268 g/mol. The molecule has 0 spiro atoms. The zero-order valence-corrected chi connectivity index (χ0v) is 11.7. The van der Waals surface area contributed by atoms with Crippen LogP contribution in [0.5, 0.6) is 5.75 Å². The van der Waals surface area contributed by atoms with Crippen molar-refractivity contribution in [2.45, 2.75) is 44.6 Å². The molecule has 1 aromatic carbocycles. The second-order valence-corrected chi connectivity index (χ2v) is 5.65. The number of methoxy groups -OCH3 is 1. The normalized spacial score (nSPS) is 18.6. The van der Waals surface area contributed by atoms with Gasteiger partial charge in [-0.3, -0.25) is 0 Å². The van der Waals surface area contributed by atoms with Gasteiger partial charge in [0.2, 0.25) is 0 Å². The molecule has 100 valence electrons. The maximum atomic E-state index is 6.30. The highest BCUT2D eigenvalue weighted by molar-refractivity contribution is 6.32. The molecule has 2 rings (SSSR count). The molecule has 0 heterocycles. The topological polar surface area (TPSA) is 35.2 Å². The summed E-state index contributed by atoms with van der Waals surface area (Å²) < 4.78 is 5.24. The first-order valence-corrected chi connectivity index (χ1v) is 7.17. The van der Waals surface area contributed by atoms with Gasteiger partial charge >= 0.3 is 0 Å². The quantitative estimate of drug-likeness (QED) is 0.882. The molecule has 1 unspecified atom stereocenters. The van der Waals surface area contributed by atoms with Gasteiger partial charge in [-0.15, -0.1) is 0 Å². The number of hydrogen-bond acceptors (Lipinski definition) is 2. The van der Waals surface area contributed by atoms with E-state index in [-0.39, 0.29) is 6.04 Å². The van der Waals surface area contributed by atoms with Crippen LogP contribution in [0.2, 0.25) is 5.02 Å². The van der Waals surface area contributed by atoms with E-state index in [1.807, 2.05) is 18.2 Å². The maximum absolute atomic E-state index is 6.30. The first-order valence-electron chi connectivity index (χ1n) is 6.79. The molecule has 1 atom stereocenters. The molecule has 0 amide bonds. The SMILES string of the molecule is COc1cc(C(N)CC2CCCCC2)ccc1Cl. The van der Waals surface area contributed by atoms with Gasteiger partial charge in [0.25, 0.3) is 0 Å². The van der Waals surface area contributed by atoms with Crippen LogP contribution in [0.1, 0.15) is 50.1 Å². The highest BCUT2D eigenvalue weighted by Gasteiger charge is 2.18. The van der Waals surface area contributed by atoms with Gasteiger partial charge in [-0.2, -0.15) is 0 Å².